The Balaban J connectivity index is 1.82. The first-order valence-electron chi connectivity index (χ1n) is 12.8. The second-order valence-electron chi connectivity index (χ2n) is 10.4. The van der Waals surface area contributed by atoms with Crippen LogP contribution < -0.4 is 10.2 Å². The molecule has 218 valence electrons. The number of carbonyl (C=O) groups is 3. The third-order valence-corrected chi connectivity index (χ3v) is 7.10. The average molecular weight is 591 g/mol. The standard InChI is InChI=1S/C30H30N4O7S/c1-30(2,3)41-29(37)33-26-16-22(28(36)40-4)21-13-12-19(15-23(21)32-26)18-34(27(35)20-9-8-14-31-17-20)24-10-6-7-11-25(24)42(5,38)39/h6-17H,18H2,1-5H3,(H,32,33,37). The highest BCUT2D eigenvalue weighted by Gasteiger charge is 2.25. The number of carbonyl (C=O) groups excluding carboxylic acids is 3. The number of pyridine rings is 2. The Morgan fingerprint density at radius 3 is 2.38 bits per heavy atom. The highest BCUT2D eigenvalue weighted by molar-refractivity contribution is 7.90. The van der Waals surface area contributed by atoms with E-state index in [0.29, 0.717) is 16.5 Å². The topological polar surface area (TPSA) is 145 Å². The van der Waals surface area contributed by atoms with Crippen molar-refractivity contribution in [1.82, 2.24) is 9.97 Å². The lowest BCUT2D eigenvalue weighted by molar-refractivity contribution is 0.0598. The molecule has 0 saturated heterocycles. The number of fused-ring (bicyclic) bond motifs is 1. The minimum Gasteiger partial charge on any atom is -0.465 e. The molecule has 0 saturated carbocycles. The van der Waals surface area contributed by atoms with Gasteiger partial charge in [0.25, 0.3) is 5.91 Å². The zero-order valence-corrected chi connectivity index (χ0v) is 24.6. The minimum atomic E-state index is -3.69. The maximum Gasteiger partial charge on any atom is 0.413 e. The van der Waals surface area contributed by atoms with Crippen molar-refractivity contribution in [3.8, 4) is 0 Å². The molecule has 2 amide bonds. The van der Waals surface area contributed by atoms with Crippen molar-refractivity contribution >= 4 is 50.2 Å². The molecule has 2 aromatic heterocycles. The maximum absolute atomic E-state index is 13.7. The highest BCUT2D eigenvalue weighted by Crippen LogP contribution is 2.30. The van der Waals surface area contributed by atoms with Crippen molar-refractivity contribution in [1.29, 1.82) is 0 Å². The number of amides is 2. The molecule has 1 N–H and O–H groups in total. The molecule has 2 aromatic carbocycles. The Morgan fingerprint density at radius 2 is 1.74 bits per heavy atom. The Hall–Kier alpha value is -4.84. The SMILES string of the molecule is COC(=O)c1cc(NC(=O)OC(C)(C)C)nc2cc(CN(C(=O)c3cccnc3)c3ccccc3S(C)(=O)=O)ccc12. The summed E-state index contributed by atoms with van der Waals surface area (Å²) >= 11 is 0. The third kappa shape index (κ3) is 7.07. The number of sulfone groups is 1. The van der Waals surface area contributed by atoms with Gasteiger partial charge in [-0.15, -0.1) is 0 Å². The number of ether oxygens (including phenoxy) is 2. The van der Waals surface area contributed by atoms with Crippen LogP contribution in [0.1, 0.15) is 47.1 Å². The van der Waals surface area contributed by atoms with Crippen LogP contribution in [0.15, 0.2) is 78.0 Å². The van der Waals surface area contributed by atoms with E-state index in [4.69, 9.17) is 9.47 Å². The molecular formula is C30H30N4O7S. The summed E-state index contributed by atoms with van der Waals surface area (Å²) < 4.78 is 35.5. The second-order valence-corrected chi connectivity index (χ2v) is 12.4. The number of rotatable bonds is 7. The lowest BCUT2D eigenvalue weighted by Gasteiger charge is -2.25. The van der Waals surface area contributed by atoms with Gasteiger partial charge in [0.2, 0.25) is 0 Å². The number of para-hydroxylation sites is 1. The molecule has 4 rings (SSSR count). The normalized spacial score (nSPS) is 11.5. The van der Waals surface area contributed by atoms with E-state index in [1.54, 1.807) is 69.3 Å². The Morgan fingerprint density at radius 1 is 1.00 bits per heavy atom. The zero-order chi connectivity index (χ0) is 30.7. The fourth-order valence-corrected chi connectivity index (χ4v) is 5.10. The van der Waals surface area contributed by atoms with Crippen molar-refractivity contribution < 1.29 is 32.3 Å². The van der Waals surface area contributed by atoms with Gasteiger partial charge < -0.3 is 14.4 Å². The molecule has 11 nitrogen and oxygen atoms in total. The first kappa shape index (κ1) is 30.1. The van der Waals surface area contributed by atoms with Crippen LogP contribution in [0, 0.1) is 0 Å². The van der Waals surface area contributed by atoms with E-state index in [-0.39, 0.29) is 34.1 Å². The quantitative estimate of drug-likeness (QED) is 0.294. The first-order valence-corrected chi connectivity index (χ1v) is 14.7. The van der Waals surface area contributed by atoms with Gasteiger partial charge in [0.15, 0.2) is 9.84 Å². The molecule has 0 bridgehead atoms. The van der Waals surface area contributed by atoms with Crippen molar-refractivity contribution in [2.24, 2.45) is 0 Å². The molecule has 0 fully saturated rings. The van der Waals surface area contributed by atoms with E-state index in [1.165, 1.54) is 36.5 Å². The van der Waals surface area contributed by atoms with E-state index in [2.05, 4.69) is 15.3 Å². The molecule has 0 aliphatic rings. The molecule has 0 radical (unpaired) electrons. The van der Waals surface area contributed by atoms with Gasteiger partial charge in [0.1, 0.15) is 11.4 Å². The monoisotopic (exact) mass is 590 g/mol. The molecule has 0 aliphatic heterocycles. The van der Waals surface area contributed by atoms with Crippen molar-refractivity contribution in [3.63, 3.8) is 0 Å². The first-order chi connectivity index (χ1) is 19.8. The van der Waals surface area contributed by atoms with Crippen LogP contribution in [-0.4, -0.2) is 55.3 Å². The molecule has 0 spiro atoms. The Labute approximate surface area is 243 Å². The van der Waals surface area contributed by atoms with Gasteiger partial charge in [0.05, 0.1) is 40.9 Å². The van der Waals surface area contributed by atoms with E-state index in [9.17, 15) is 22.8 Å². The number of esters is 1. The summed E-state index contributed by atoms with van der Waals surface area (Å²) in [7, 11) is -2.45. The summed E-state index contributed by atoms with van der Waals surface area (Å²) in [6.45, 7) is 5.10. The van der Waals surface area contributed by atoms with Gasteiger partial charge in [-0.1, -0.05) is 24.3 Å². The Kier molecular flexibility index (Phi) is 8.57. The van der Waals surface area contributed by atoms with E-state index >= 15 is 0 Å². The van der Waals surface area contributed by atoms with Gasteiger partial charge in [0, 0.05) is 24.0 Å². The smallest absolute Gasteiger partial charge is 0.413 e. The number of nitrogens with zero attached hydrogens (tertiary/aromatic N) is 3. The van der Waals surface area contributed by atoms with Crippen LogP contribution in [0.3, 0.4) is 0 Å². The van der Waals surface area contributed by atoms with Crippen LogP contribution >= 0.6 is 0 Å². The van der Waals surface area contributed by atoms with Crippen LogP contribution in [0.5, 0.6) is 0 Å². The fraction of sp³-hybridized carbons (Fsp3) is 0.233. The number of hydrogen-bond acceptors (Lipinski definition) is 9. The van der Waals surface area contributed by atoms with Crippen LogP contribution in [0.4, 0.5) is 16.3 Å². The summed E-state index contributed by atoms with van der Waals surface area (Å²) in [5, 5.41) is 2.99. The van der Waals surface area contributed by atoms with Gasteiger partial charge in [-0.05, 0) is 62.7 Å². The predicted octanol–water partition coefficient (Wildman–Crippen LogP) is 5.01. The summed E-state index contributed by atoms with van der Waals surface area (Å²) in [5.74, 6) is -1.05. The maximum atomic E-state index is 13.7. The summed E-state index contributed by atoms with van der Waals surface area (Å²) in [6.07, 6.45) is 3.25. The van der Waals surface area contributed by atoms with Crippen molar-refractivity contribution in [3.05, 3.63) is 89.7 Å². The fourth-order valence-electron chi connectivity index (χ4n) is 4.21. The molecular weight excluding hydrogens is 560 g/mol. The molecule has 4 aromatic rings. The summed E-state index contributed by atoms with van der Waals surface area (Å²) in [6, 6.07) is 15.8. The Bertz CT molecular complexity index is 1770. The van der Waals surface area contributed by atoms with Gasteiger partial charge in [-0.3, -0.25) is 15.1 Å². The van der Waals surface area contributed by atoms with E-state index < -0.39 is 33.4 Å². The summed E-state index contributed by atoms with van der Waals surface area (Å²) in [5.41, 5.74) is 0.749. The van der Waals surface area contributed by atoms with Crippen LogP contribution in [0.25, 0.3) is 10.9 Å². The number of aromatic nitrogens is 2. The van der Waals surface area contributed by atoms with Gasteiger partial charge >= 0.3 is 12.1 Å². The number of methoxy groups -OCH3 is 1. The van der Waals surface area contributed by atoms with E-state index in [1.807, 2.05) is 0 Å². The van der Waals surface area contributed by atoms with Crippen LogP contribution in [0.2, 0.25) is 0 Å². The minimum absolute atomic E-state index is 0.0158. The largest absolute Gasteiger partial charge is 0.465 e. The molecule has 0 aliphatic carbocycles. The predicted molar refractivity (Wildman–Crippen MR) is 157 cm³/mol. The zero-order valence-electron chi connectivity index (χ0n) is 23.7. The average Bonchev–Trinajstić information content (AvgIpc) is 2.93. The number of anilines is 2. The van der Waals surface area contributed by atoms with Crippen LogP contribution in [-0.2, 0) is 25.9 Å². The van der Waals surface area contributed by atoms with Crippen molar-refractivity contribution in [2.45, 2.75) is 37.8 Å². The second kappa shape index (κ2) is 12.0. The van der Waals surface area contributed by atoms with Gasteiger partial charge in [-0.2, -0.15) is 0 Å². The lowest BCUT2D eigenvalue weighted by atomic mass is 10.1. The van der Waals surface area contributed by atoms with Crippen molar-refractivity contribution in [2.75, 3.05) is 23.6 Å². The lowest BCUT2D eigenvalue weighted by Crippen LogP contribution is -2.31. The molecule has 2 heterocycles. The number of hydrogen-bond donors (Lipinski definition) is 1. The molecule has 42 heavy (non-hydrogen) atoms. The molecule has 12 heteroatoms. The molecule has 0 atom stereocenters. The van der Waals surface area contributed by atoms with E-state index in [0.717, 1.165) is 6.26 Å². The summed E-state index contributed by atoms with van der Waals surface area (Å²) in [4.78, 5) is 48.6. The highest BCUT2D eigenvalue weighted by atomic mass is 32.2. The third-order valence-electron chi connectivity index (χ3n) is 5.96. The van der Waals surface area contributed by atoms with Gasteiger partial charge in [-0.25, -0.2) is 23.0 Å². The number of benzene rings is 2. The molecule has 0 unspecified atom stereocenters. The number of nitrogens with one attached hydrogen (secondary N) is 1.